The van der Waals surface area contributed by atoms with Gasteiger partial charge in [-0.2, -0.15) is 0 Å². The molecule has 2 heterocycles. The SMILES string of the molecule is Cc1ccc2c(CC(=O)NCCc3ccco3)coc2c1C. The largest absolute Gasteiger partial charge is 0.469 e. The molecule has 0 saturated carbocycles. The summed E-state index contributed by atoms with van der Waals surface area (Å²) in [6.07, 6.45) is 4.35. The lowest BCUT2D eigenvalue weighted by molar-refractivity contribution is -0.120. The Hall–Kier alpha value is -2.49. The molecule has 22 heavy (non-hydrogen) atoms. The van der Waals surface area contributed by atoms with Crippen LogP contribution in [-0.2, 0) is 17.6 Å². The van der Waals surface area contributed by atoms with Crippen LogP contribution in [-0.4, -0.2) is 12.5 Å². The maximum absolute atomic E-state index is 12.1. The van der Waals surface area contributed by atoms with E-state index >= 15 is 0 Å². The van der Waals surface area contributed by atoms with Gasteiger partial charge in [-0.25, -0.2) is 0 Å². The zero-order valence-corrected chi connectivity index (χ0v) is 12.8. The fourth-order valence-electron chi connectivity index (χ4n) is 2.54. The van der Waals surface area contributed by atoms with Crippen LogP contribution in [0, 0.1) is 13.8 Å². The summed E-state index contributed by atoms with van der Waals surface area (Å²) in [5.41, 5.74) is 4.12. The van der Waals surface area contributed by atoms with Crippen molar-refractivity contribution in [3.8, 4) is 0 Å². The topological polar surface area (TPSA) is 55.4 Å². The van der Waals surface area contributed by atoms with Crippen molar-refractivity contribution in [2.24, 2.45) is 0 Å². The Balaban J connectivity index is 1.63. The van der Waals surface area contributed by atoms with Gasteiger partial charge < -0.3 is 14.2 Å². The van der Waals surface area contributed by atoms with Gasteiger partial charge >= 0.3 is 0 Å². The third-order valence-electron chi connectivity index (χ3n) is 3.97. The van der Waals surface area contributed by atoms with Crippen molar-refractivity contribution >= 4 is 16.9 Å². The van der Waals surface area contributed by atoms with Gasteiger partial charge in [0.25, 0.3) is 0 Å². The van der Waals surface area contributed by atoms with Crippen molar-refractivity contribution in [2.75, 3.05) is 6.54 Å². The van der Waals surface area contributed by atoms with Crippen molar-refractivity contribution in [1.82, 2.24) is 5.32 Å². The average Bonchev–Trinajstić information content (AvgIpc) is 3.13. The Morgan fingerprint density at radius 1 is 1.18 bits per heavy atom. The fraction of sp³-hybridized carbons (Fsp3) is 0.278. The minimum absolute atomic E-state index is 0.00696. The quantitative estimate of drug-likeness (QED) is 0.783. The van der Waals surface area contributed by atoms with Crippen LogP contribution in [0.3, 0.4) is 0 Å². The summed E-state index contributed by atoms with van der Waals surface area (Å²) in [6.45, 7) is 4.66. The molecule has 1 amide bonds. The molecule has 1 N–H and O–H groups in total. The van der Waals surface area contributed by atoms with Gasteiger partial charge in [-0.1, -0.05) is 12.1 Å². The van der Waals surface area contributed by atoms with Gasteiger partial charge in [0.15, 0.2) is 0 Å². The van der Waals surface area contributed by atoms with E-state index in [0.717, 1.165) is 27.9 Å². The van der Waals surface area contributed by atoms with Crippen LogP contribution in [0.4, 0.5) is 0 Å². The molecule has 0 saturated heterocycles. The zero-order chi connectivity index (χ0) is 15.5. The van der Waals surface area contributed by atoms with E-state index in [1.54, 1.807) is 12.5 Å². The molecule has 0 aliphatic rings. The molecule has 4 nitrogen and oxygen atoms in total. The number of carbonyl (C=O) groups is 1. The highest BCUT2D eigenvalue weighted by Gasteiger charge is 2.12. The van der Waals surface area contributed by atoms with Gasteiger partial charge in [-0.3, -0.25) is 4.79 Å². The van der Waals surface area contributed by atoms with Crippen LogP contribution >= 0.6 is 0 Å². The molecule has 1 aromatic carbocycles. The lowest BCUT2D eigenvalue weighted by atomic mass is 10.0. The molecule has 0 spiro atoms. The first-order valence-corrected chi connectivity index (χ1v) is 7.40. The molecule has 0 unspecified atom stereocenters. The third-order valence-corrected chi connectivity index (χ3v) is 3.97. The van der Waals surface area contributed by atoms with E-state index in [-0.39, 0.29) is 5.91 Å². The maximum atomic E-state index is 12.1. The Kier molecular flexibility index (Phi) is 4.00. The van der Waals surface area contributed by atoms with Crippen LogP contribution in [0.2, 0.25) is 0 Å². The van der Waals surface area contributed by atoms with Gasteiger partial charge in [0, 0.05) is 23.9 Å². The molecular weight excluding hydrogens is 278 g/mol. The Bertz CT molecular complexity index is 784. The summed E-state index contributed by atoms with van der Waals surface area (Å²) in [5, 5.41) is 3.93. The summed E-state index contributed by atoms with van der Waals surface area (Å²) >= 11 is 0. The fourth-order valence-corrected chi connectivity index (χ4v) is 2.54. The van der Waals surface area contributed by atoms with Crippen molar-refractivity contribution < 1.29 is 13.6 Å². The lowest BCUT2D eigenvalue weighted by Crippen LogP contribution is -2.27. The Labute approximate surface area is 129 Å². The number of carbonyl (C=O) groups excluding carboxylic acids is 1. The van der Waals surface area contributed by atoms with Crippen molar-refractivity contribution in [2.45, 2.75) is 26.7 Å². The predicted molar refractivity (Wildman–Crippen MR) is 84.8 cm³/mol. The van der Waals surface area contributed by atoms with Crippen LogP contribution < -0.4 is 5.32 Å². The molecule has 0 aliphatic carbocycles. The standard InChI is InChI=1S/C18H19NO3/c1-12-5-6-16-14(11-22-18(16)13(12)2)10-17(20)19-8-7-15-4-3-9-21-15/h3-6,9,11H,7-8,10H2,1-2H3,(H,19,20). The first-order valence-electron chi connectivity index (χ1n) is 7.40. The van der Waals surface area contributed by atoms with Crippen LogP contribution in [0.5, 0.6) is 0 Å². The first kappa shape index (κ1) is 14.4. The molecule has 0 atom stereocenters. The van der Waals surface area contributed by atoms with Gasteiger partial charge in [0.1, 0.15) is 11.3 Å². The zero-order valence-electron chi connectivity index (χ0n) is 12.8. The second-order valence-corrected chi connectivity index (χ2v) is 5.50. The third kappa shape index (κ3) is 2.91. The van der Waals surface area contributed by atoms with E-state index in [0.29, 0.717) is 19.4 Å². The number of aryl methyl sites for hydroxylation is 2. The number of hydrogen-bond donors (Lipinski definition) is 1. The molecule has 2 aromatic heterocycles. The molecule has 114 valence electrons. The number of furan rings is 2. The first-order chi connectivity index (χ1) is 10.6. The minimum Gasteiger partial charge on any atom is -0.469 e. The average molecular weight is 297 g/mol. The molecular formula is C18H19NO3. The van der Waals surface area contributed by atoms with Crippen molar-refractivity contribution in [3.63, 3.8) is 0 Å². The van der Waals surface area contributed by atoms with E-state index in [4.69, 9.17) is 8.83 Å². The van der Waals surface area contributed by atoms with Gasteiger partial charge in [0.05, 0.1) is 18.9 Å². The monoisotopic (exact) mass is 297 g/mol. The van der Waals surface area contributed by atoms with Crippen LogP contribution in [0.25, 0.3) is 11.0 Å². The summed E-state index contributed by atoms with van der Waals surface area (Å²) in [7, 11) is 0. The molecule has 0 radical (unpaired) electrons. The molecule has 0 aliphatic heterocycles. The predicted octanol–water partition coefficient (Wildman–Crippen LogP) is 3.54. The summed E-state index contributed by atoms with van der Waals surface area (Å²) in [4.78, 5) is 12.1. The number of fused-ring (bicyclic) bond motifs is 1. The minimum atomic E-state index is -0.00696. The highest BCUT2D eigenvalue weighted by atomic mass is 16.3. The molecule has 0 fully saturated rings. The Morgan fingerprint density at radius 3 is 2.82 bits per heavy atom. The molecule has 4 heteroatoms. The lowest BCUT2D eigenvalue weighted by Gasteiger charge is -2.04. The van der Waals surface area contributed by atoms with E-state index < -0.39 is 0 Å². The number of benzene rings is 1. The summed E-state index contributed by atoms with van der Waals surface area (Å²) < 4.78 is 10.9. The van der Waals surface area contributed by atoms with Gasteiger partial charge in [0.2, 0.25) is 5.91 Å². The van der Waals surface area contributed by atoms with E-state index in [1.165, 1.54) is 5.56 Å². The highest BCUT2D eigenvalue weighted by molar-refractivity contribution is 5.89. The van der Waals surface area contributed by atoms with Crippen LogP contribution in [0.15, 0.2) is 45.6 Å². The van der Waals surface area contributed by atoms with Gasteiger partial charge in [-0.15, -0.1) is 0 Å². The summed E-state index contributed by atoms with van der Waals surface area (Å²) in [6, 6.07) is 7.83. The molecule has 3 rings (SSSR count). The Morgan fingerprint density at radius 2 is 2.05 bits per heavy atom. The van der Waals surface area contributed by atoms with E-state index in [1.807, 2.05) is 25.1 Å². The maximum Gasteiger partial charge on any atom is 0.224 e. The molecule has 0 bridgehead atoms. The van der Waals surface area contributed by atoms with Crippen molar-refractivity contribution in [1.29, 1.82) is 0 Å². The van der Waals surface area contributed by atoms with E-state index in [9.17, 15) is 4.79 Å². The van der Waals surface area contributed by atoms with Gasteiger partial charge in [-0.05, 0) is 37.1 Å². The van der Waals surface area contributed by atoms with Crippen LogP contribution in [0.1, 0.15) is 22.5 Å². The number of nitrogens with one attached hydrogen (secondary N) is 1. The number of rotatable bonds is 5. The summed E-state index contributed by atoms with van der Waals surface area (Å²) in [5.74, 6) is 0.868. The van der Waals surface area contributed by atoms with Crippen molar-refractivity contribution in [3.05, 3.63) is 59.2 Å². The highest BCUT2D eigenvalue weighted by Crippen LogP contribution is 2.26. The smallest absolute Gasteiger partial charge is 0.224 e. The van der Waals surface area contributed by atoms with E-state index in [2.05, 4.69) is 18.3 Å². The number of hydrogen-bond acceptors (Lipinski definition) is 3. The second-order valence-electron chi connectivity index (χ2n) is 5.50. The normalized spacial score (nSPS) is 11.0. The number of amides is 1. The second kappa shape index (κ2) is 6.10. The molecule has 3 aromatic rings.